The second kappa shape index (κ2) is 11.3. The number of azide groups is 1. The van der Waals surface area contributed by atoms with Crippen molar-refractivity contribution in [2.24, 2.45) is 16.0 Å². The van der Waals surface area contributed by atoms with E-state index in [1.807, 2.05) is 0 Å². The maximum atomic E-state index is 12.9. The van der Waals surface area contributed by atoms with Crippen LogP contribution >= 0.6 is 11.6 Å². The summed E-state index contributed by atoms with van der Waals surface area (Å²) in [5.41, 5.74) is 9.94. The first-order chi connectivity index (χ1) is 14.5. The molecule has 0 N–H and O–H groups in total. The van der Waals surface area contributed by atoms with Crippen LogP contribution in [0.25, 0.3) is 10.4 Å². The van der Waals surface area contributed by atoms with Gasteiger partial charge in [-0.05, 0) is 31.0 Å². The average Bonchev–Trinajstić information content (AvgIpc) is 2.73. The Morgan fingerprint density at radius 1 is 1.33 bits per heavy atom. The van der Waals surface area contributed by atoms with Crippen LogP contribution in [0.5, 0.6) is 0 Å². The number of hydrogen-bond acceptors (Lipinski definition) is 7. The van der Waals surface area contributed by atoms with E-state index in [1.165, 1.54) is 7.11 Å². The monoisotopic (exact) mass is 434 g/mol. The number of nitrogens with zero attached hydrogens (tertiary/aromatic N) is 4. The minimum Gasteiger partial charge on any atom is -0.468 e. The molecule has 1 aliphatic heterocycles. The van der Waals surface area contributed by atoms with Crippen LogP contribution in [0.3, 0.4) is 0 Å². The summed E-state index contributed by atoms with van der Waals surface area (Å²) in [5, 5.41) is 3.81. The van der Waals surface area contributed by atoms with Crippen molar-refractivity contribution in [2.45, 2.75) is 19.8 Å². The molecule has 0 spiro atoms. The number of rotatable bonds is 9. The van der Waals surface area contributed by atoms with E-state index in [0.717, 1.165) is 0 Å². The molecule has 1 aromatic carbocycles. The molecule has 0 amide bonds. The lowest BCUT2D eigenvalue weighted by atomic mass is 9.75. The quantitative estimate of drug-likeness (QED) is 0.192. The topological polar surface area (TPSA) is 123 Å². The molecule has 9 nitrogen and oxygen atoms in total. The van der Waals surface area contributed by atoms with Gasteiger partial charge in [-0.3, -0.25) is 9.79 Å². The van der Waals surface area contributed by atoms with Gasteiger partial charge in [0.2, 0.25) is 0 Å². The lowest BCUT2D eigenvalue weighted by molar-refractivity contribution is -0.144. The fourth-order valence-corrected chi connectivity index (χ4v) is 3.56. The third kappa shape index (κ3) is 5.38. The van der Waals surface area contributed by atoms with Crippen LogP contribution in [0, 0.1) is 5.92 Å². The number of methoxy groups -OCH3 is 1. The molecule has 10 heteroatoms. The lowest BCUT2D eigenvalue weighted by Crippen LogP contribution is -2.37. The standard InChI is InChI=1S/C20H23ClN4O5/c1-4-30-20(27)18-15(11-29-10-9-23-25-22)24-12(2)16(19(26)28-3)17(18)13-7-5-6-8-14(13)21/h5-8,16-17H,4,9-11H2,1-3H3. The molecular formula is C20H23ClN4O5. The van der Waals surface area contributed by atoms with Crippen LogP contribution in [0.15, 0.2) is 45.6 Å². The number of halogens is 1. The summed E-state index contributed by atoms with van der Waals surface area (Å²) in [6, 6.07) is 6.97. The zero-order valence-corrected chi connectivity index (χ0v) is 17.8. The van der Waals surface area contributed by atoms with Crippen LogP contribution in [0.2, 0.25) is 5.02 Å². The van der Waals surface area contributed by atoms with Gasteiger partial charge in [-0.25, -0.2) is 4.79 Å². The first-order valence-corrected chi connectivity index (χ1v) is 9.70. The van der Waals surface area contributed by atoms with Crippen molar-refractivity contribution in [1.29, 1.82) is 0 Å². The molecule has 0 radical (unpaired) electrons. The number of ether oxygens (including phenoxy) is 3. The molecule has 0 saturated carbocycles. The highest BCUT2D eigenvalue weighted by atomic mass is 35.5. The van der Waals surface area contributed by atoms with Crippen molar-refractivity contribution in [3.63, 3.8) is 0 Å². The van der Waals surface area contributed by atoms with Gasteiger partial charge in [0.25, 0.3) is 0 Å². The van der Waals surface area contributed by atoms with Crippen molar-refractivity contribution in [1.82, 2.24) is 0 Å². The molecule has 2 atom stereocenters. The molecule has 0 aromatic heterocycles. The zero-order valence-electron chi connectivity index (χ0n) is 17.0. The minimum absolute atomic E-state index is 0.0265. The van der Waals surface area contributed by atoms with Gasteiger partial charge in [-0.2, -0.15) is 0 Å². The van der Waals surface area contributed by atoms with Gasteiger partial charge in [0, 0.05) is 28.1 Å². The van der Waals surface area contributed by atoms with Crippen LogP contribution < -0.4 is 0 Å². The Labute approximate surface area is 179 Å². The number of carbonyl (C=O) groups excluding carboxylic acids is 2. The molecule has 2 rings (SSSR count). The van der Waals surface area contributed by atoms with E-state index >= 15 is 0 Å². The summed E-state index contributed by atoms with van der Waals surface area (Å²) in [5.74, 6) is -2.74. The Bertz CT molecular complexity index is 908. The maximum Gasteiger partial charge on any atom is 0.336 e. The van der Waals surface area contributed by atoms with Crippen molar-refractivity contribution in [3.8, 4) is 0 Å². The minimum atomic E-state index is -0.846. The normalized spacial score (nSPS) is 18.3. The molecule has 0 saturated heterocycles. The molecule has 160 valence electrons. The second-order valence-electron chi connectivity index (χ2n) is 6.34. The van der Waals surface area contributed by atoms with E-state index < -0.39 is 23.8 Å². The Morgan fingerprint density at radius 3 is 2.70 bits per heavy atom. The highest BCUT2D eigenvalue weighted by Crippen LogP contribution is 2.42. The fraction of sp³-hybridized carbons (Fsp3) is 0.450. The zero-order chi connectivity index (χ0) is 22.1. The average molecular weight is 435 g/mol. The van der Waals surface area contributed by atoms with Crippen LogP contribution in [0.1, 0.15) is 25.3 Å². The van der Waals surface area contributed by atoms with Crippen molar-refractivity contribution in [3.05, 3.63) is 56.6 Å². The lowest BCUT2D eigenvalue weighted by Gasteiger charge is -2.32. The van der Waals surface area contributed by atoms with Gasteiger partial charge < -0.3 is 14.2 Å². The molecule has 1 aromatic rings. The van der Waals surface area contributed by atoms with Gasteiger partial charge in [-0.1, -0.05) is 34.9 Å². The van der Waals surface area contributed by atoms with E-state index in [1.54, 1.807) is 38.1 Å². The number of benzene rings is 1. The predicted octanol–water partition coefficient (Wildman–Crippen LogP) is 3.83. The Kier molecular flexibility index (Phi) is 8.86. The Hall–Kier alpha value is -2.87. The maximum absolute atomic E-state index is 12.9. The summed E-state index contributed by atoms with van der Waals surface area (Å²) in [4.78, 5) is 32.7. The van der Waals surface area contributed by atoms with Crippen molar-refractivity contribution in [2.75, 3.05) is 33.5 Å². The fourth-order valence-electron chi connectivity index (χ4n) is 3.31. The number of aliphatic imine (C=N–C) groups is 1. The van der Waals surface area contributed by atoms with Gasteiger partial charge >= 0.3 is 11.9 Å². The number of carbonyl (C=O) groups is 2. The third-order valence-corrected chi connectivity index (χ3v) is 4.89. The van der Waals surface area contributed by atoms with Crippen molar-refractivity contribution >= 4 is 29.3 Å². The third-order valence-electron chi connectivity index (χ3n) is 4.55. The SMILES string of the molecule is CCOC(=O)C1=C(COCCN=[N+]=[N-])N=C(C)C(C(=O)OC)C1c1ccccc1Cl. The van der Waals surface area contributed by atoms with Crippen LogP contribution in [-0.4, -0.2) is 51.1 Å². The Balaban J connectivity index is 2.59. The van der Waals surface area contributed by atoms with E-state index in [2.05, 4.69) is 15.0 Å². The van der Waals surface area contributed by atoms with E-state index in [0.29, 0.717) is 22.0 Å². The van der Waals surface area contributed by atoms with Crippen LogP contribution in [0.4, 0.5) is 0 Å². The first-order valence-electron chi connectivity index (χ1n) is 9.32. The Morgan fingerprint density at radius 2 is 2.07 bits per heavy atom. The molecular weight excluding hydrogens is 412 g/mol. The summed E-state index contributed by atoms with van der Waals surface area (Å²) in [6.07, 6.45) is 0. The number of esters is 2. The van der Waals surface area contributed by atoms with Gasteiger partial charge in [0.15, 0.2) is 0 Å². The van der Waals surface area contributed by atoms with Gasteiger partial charge in [-0.15, -0.1) is 0 Å². The molecule has 1 heterocycles. The highest BCUT2D eigenvalue weighted by molar-refractivity contribution is 6.31. The van der Waals surface area contributed by atoms with Crippen molar-refractivity contribution < 1.29 is 23.8 Å². The largest absolute Gasteiger partial charge is 0.468 e. The summed E-state index contributed by atoms with van der Waals surface area (Å²) in [6.45, 7) is 3.78. The number of hydrogen-bond donors (Lipinski definition) is 0. The molecule has 1 aliphatic rings. The predicted molar refractivity (Wildman–Crippen MR) is 111 cm³/mol. The summed E-state index contributed by atoms with van der Waals surface area (Å²) < 4.78 is 15.8. The van der Waals surface area contributed by atoms with Gasteiger partial charge in [0.05, 0.1) is 38.2 Å². The van der Waals surface area contributed by atoms with E-state index in [-0.39, 0.29) is 31.9 Å². The van der Waals surface area contributed by atoms with E-state index in [9.17, 15) is 9.59 Å². The molecule has 0 bridgehead atoms. The van der Waals surface area contributed by atoms with Crippen LogP contribution in [-0.2, 0) is 23.8 Å². The van der Waals surface area contributed by atoms with E-state index in [4.69, 9.17) is 31.3 Å². The first kappa shape index (κ1) is 23.4. The molecule has 30 heavy (non-hydrogen) atoms. The molecule has 0 fully saturated rings. The smallest absolute Gasteiger partial charge is 0.336 e. The highest BCUT2D eigenvalue weighted by Gasteiger charge is 2.43. The van der Waals surface area contributed by atoms with Gasteiger partial charge in [0.1, 0.15) is 5.92 Å². The molecule has 0 aliphatic carbocycles. The molecule has 2 unspecified atom stereocenters. The summed E-state index contributed by atoms with van der Waals surface area (Å²) >= 11 is 6.43. The summed E-state index contributed by atoms with van der Waals surface area (Å²) in [7, 11) is 1.28. The second-order valence-corrected chi connectivity index (χ2v) is 6.75.